The summed E-state index contributed by atoms with van der Waals surface area (Å²) >= 11 is 0. The maximum absolute atomic E-state index is 10.1. The second-order valence-electron chi connectivity index (χ2n) is 6.05. The first-order valence-electron chi connectivity index (χ1n) is 8.50. The van der Waals surface area contributed by atoms with Crippen molar-refractivity contribution in [2.45, 2.75) is 13.1 Å². The Kier molecular flexibility index (Phi) is 7.24. The van der Waals surface area contributed by atoms with Crippen LogP contribution >= 0.6 is 0 Å². The van der Waals surface area contributed by atoms with Crippen LogP contribution in [0.4, 0.5) is 0 Å². The molecule has 0 spiro atoms. The van der Waals surface area contributed by atoms with Crippen LogP contribution < -0.4 is 18.9 Å². The average molecular weight is 387 g/mol. The molecular formula is C21H25NO6. The number of terminal acetylenes is 1. The lowest BCUT2D eigenvalue weighted by Crippen LogP contribution is -2.23. The predicted molar refractivity (Wildman–Crippen MR) is 105 cm³/mol. The van der Waals surface area contributed by atoms with E-state index in [9.17, 15) is 10.2 Å². The highest BCUT2D eigenvalue weighted by atomic mass is 16.5. The van der Waals surface area contributed by atoms with E-state index in [1.54, 1.807) is 24.3 Å². The number of phenolic OH excluding ortho intramolecular Hbond substituents is 2. The lowest BCUT2D eigenvalue weighted by molar-refractivity contribution is 0.285. The Hall–Kier alpha value is -3.24. The summed E-state index contributed by atoms with van der Waals surface area (Å²) in [4.78, 5) is 2.01. The first kappa shape index (κ1) is 21.1. The smallest absolute Gasteiger partial charge is 0.200 e. The maximum atomic E-state index is 10.1. The van der Waals surface area contributed by atoms with Gasteiger partial charge in [0.25, 0.3) is 0 Å². The molecule has 0 fully saturated rings. The highest BCUT2D eigenvalue weighted by molar-refractivity contribution is 5.53. The lowest BCUT2D eigenvalue weighted by atomic mass is 10.1. The van der Waals surface area contributed by atoms with Gasteiger partial charge in [0.1, 0.15) is 0 Å². The molecular weight excluding hydrogens is 362 g/mol. The van der Waals surface area contributed by atoms with E-state index in [2.05, 4.69) is 5.92 Å². The first-order valence-corrected chi connectivity index (χ1v) is 8.50. The van der Waals surface area contributed by atoms with E-state index in [4.69, 9.17) is 25.4 Å². The van der Waals surface area contributed by atoms with Crippen LogP contribution in [0.2, 0.25) is 0 Å². The van der Waals surface area contributed by atoms with Crippen LogP contribution in [0, 0.1) is 12.3 Å². The summed E-state index contributed by atoms with van der Waals surface area (Å²) in [6.45, 7) is 1.36. The van der Waals surface area contributed by atoms with Crippen molar-refractivity contribution in [3.8, 4) is 46.8 Å². The molecule has 0 aliphatic rings. The largest absolute Gasteiger partial charge is 0.502 e. The molecule has 7 heteroatoms. The zero-order valence-electron chi connectivity index (χ0n) is 16.5. The highest BCUT2D eigenvalue weighted by Gasteiger charge is 2.16. The number of nitrogens with zero attached hydrogens (tertiary/aromatic N) is 1. The summed E-state index contributed by atoms with van der Waals surface area (Å²) in [6.07, 6.45) is 5.54. The van der Waals surface area contributed by atoms with Crippen molar-refractivity contribution >= 4 is 0 Å². The first-order chi connectivity index (χ1) is 13.5. The van der Waals surface area contributed by atoms with Gasteiger partial charge >= 0.3 is 0 Å². The molecule has 28 heavy (non-hydrogen) atoms. The number of hydrogen-bond donors (Lipinski definition) is 2. The zero-order valence-corrected chi connectivity index (χ0v) is 16.5. The van der Waals surface area contributed by atoms with Crippen LogP contribution in [0.5, 0.6) is 34.5 Å². The van der Waals surface area contributed by atoms with E-state index in [0.717, 1.165) is 11.1 Å². The molecule has 7 nitrogen and oxygen atoms in total. The molecule has 0 aliphatic heterocycles. The van der Waals surface area contributed by atoms with Gasteiger partial charge in [-0.15, -0.1) is 6.42 Å². The molecule has 2 N–H and O–H groups in total. The number of rotatable bonds is 9. The SMILES string of the molecule is C#CCN(Cc1cc(OC)c(O)c(OC)c1)Cc1cc(OC)c(O)c(OC)c1. The molecule has 150 valence electrons. The molecule has 2 rings (SSSR count). The van der Waals surface area contributed by atoms with Gasteiger partial charge in [0, 0.05) is 13.1 Å². The Balaban J connectivity index is 2.31. The van der Waals surface area contributed by atoms with Crippen molar-refractivity contribution in [1.82, 2.24) is 4.90 Å². The van der Waals surface area contributed by atoms with Gasteiger partial charge in [0.05, 0.1) is 35.0 Å². The quantitative estimate of drug-likeness (QED) is 0.641. The summed E-state index contributed by atoms with van der Waals surface area (Å²) < 4.78 is 20.8. The van der Waals surface area contributed by atoms with Crippen molar-refractivity contribution in [3.05, 3.63) is 35.4 Å². The van der Waals surface area contributed by atoms with Crippen LogP contribution in [0.1, 0.15) is 11.1 Å². The molecule has 2 aromatic carbocycles. The monoisotopic (exact) mass is 387 g/mol. The van der Waals surface area contributed by atoms with Gasteiger partial charge in [0.15, 0.2) is 23.0 Å². The summed E-state index contributed by atoms with van der Waals surface area (Å²) in [7, 11) is 5.91. The number of aromatic hydroxyl groups is 2. The molecule has 0 unspecified atom stereocenters. The number of ether oxygens (including phenoxy) is 4. The molecule has 0 amide bonds. The fraction of sp³-hybridized carbons (Fsp3) is 0.333. The minimum atomic E-state index is -0.0507. The minimum Gasteiger partial charge on any atom is -0.502 e. The lowest BCUT2D eigenvalue weighted by Gasteiger charge is -2.22. The van der Waals surface area contributed by atoms with Gasteiger partial charge in [-0.05, 0) is 35.4 Å². The summed E-state index contributed by atoms with van der Waals surface area (Å²) in [6, 6.07) is 6.94. The zero-order chi connectivity index (χ0) is 20.7. The minimum absolute atomic E-state index is 0.0507. The number of hydrogen-bond acceptors (Lipinski definition) is 7. The average Bonchev–Trinajstić information content (AvgIpc) is 2.70. The standard InChI is InChI=1S/C21H25NO6/c1-6-7-22(12-14-8-16(25-2)20(23)17(9-14)26-3)13-15-10-18(27-4)21(24)19(11-15)28-5/h1,8-11,23-24H,7,12-13H2,2-5H3. The molecule has 0 aliphatic carbocycles. The predicted octanol–water partition coefficient (Wildman–Crippen LogP) is 2.77. The second-order valence-corrected chi connectivity index (χ2v) is 6.05. The molecule has 0 heterocycles. The third-order valence-electron chi connectivity index (χ3n) is 4.21. The van der Waals surface area contributed by atoms with Crippen molar-refractivity contribution in [2.24, 2.45) is 0 Å². The molecule has 0 bridgehead atoms. The van der Waals surface area contributed by atoms with E-state index < -0.39 is 0 Å². The topological polar surface area (TPSA) is 80.6 Å². The number of methoxy groups -OCH3 is 4. The van der Waals surface area contributed by atoms with Crippen molar-refractivity contribution in [3.63, 3.8) is 0 Å². The van der Waals surface area contributed by atoms with Crippen molar-refractivity contribution in [2.75, 3.05) is 35.0 Å². The van der Waals surface area contributed by atoms with E-state index in [0.29, 0.717) is 42.6 Å². The molecule has 0 aromatic heterocycles. The molecule has 0 atom stereocenters. The Morgan fingerprint density at radius 1 is 0.750 bits per heavy atom. The fourth-order valence-corrected chi connectivity index (χ4v) is 2.89. The third-order valence-corrected chi connectivity index (χ3v) is 4.21. The Morgan fingerprint density at radius 2 is 1.07 bits per heavy atom. The third kappa shape index (κ3) is 4.72. The van der Waals surface area contributed by atoms with Crippen LogP contribution in [-0.4, -0.2) is 50.1 Å². The van der Waals surface area contributed by atoms with Crippen LogP contribution in [0.3, 0.4) is 0 Å². The molecule has 2 aromatic rings. The van der Waals surface area contributed by atoms with Crippen LogP contribution in [-0.2, 0) is 13.1 Å². The van der Waals surface area contributed by atoms with Crippen molar-refractivity contribution < 1.29 is 29.2 Å². The van der Waals surface area contributed by atoms with E-state index in [1.807, 2.05) is 4.90 Å². The van der Waals surface area contributed by atoms with Gasteiger partial charge in [-0.1, -0.05) is 5.92 Å². The Labute approximate surface area is 165 Å². The Morgan fingerprint density at radius 3 is 1.32 bits per heavy atom. The van der Waals surface area contributed by atoms with Crippen LogP contribution in [0.15, 0.2) is 24.3 Å². The summed E-state index contributed by atoms with van der Waals surface area (Å²) in [5.74, 6) is 3.84. The van der Waals surface area contributed by atoms with Crippen LogP contribution in [0.25, 0.3) is 0 Å². The summed E-state index contributed by atoms with van der Waals surface area (Å²) in [5.41, 5.74) is 1.72. The normalized spacial score (nSPS) is 10.4. The van der Waals surface area contributed by atoms with Gasteiger partial charge in [-0.2, -0.15) is 0 Å². The second kappa shape index (κ2) is 9.62. The van der Waals surface area contributed by atoms with E-state index >= 15 is 0 Å². The molecule has 0 radical (unpaired) electrons. The van der Waals surface area contributed by atoms with Gasteiger partial charge in [0.2, 0.25) is 11.5 Å². The van der Waals surface area contributed by atoms with Gasteiger partial charge < -0.3 is 29.2 Å². The Bertz CT molecular complexity index is 745. The summed E-state index contributed by atoms with van der Waals surface area (Å²) in [5, 5.41) is 20.2. The highest BCUT2D eigenvalue weighted by Crippen LogP contribution is 2.39. The number of benzene rings is 2. The number of phenols is 2. The molecule has 0 saturated carbocycles. The molecule has 0 saturated heterocycles. The maximum Gasteiger partial charge on any atom is 0.200 e. The van der Waals surface area contributed by atoms with E-state index in [1.165, 1.54) is 28.4 Å². The van der Waals surface area contributed by atoms with E-state index in [-0.39, 0.29) is 11.5 Å². The van der Waals surface area contributed by atoms with Gasteiger partial charge in [-0.25, -0.2) is 0 Å². The fourth-order valence-electron chi connectivity index (χ4n) is 2.89. The van der Waals surface area contributed by atoms with Crippen molar-refractivity contribution in [1.29, 1.82) is 0 Å². The van der Waals surface area contributed by atoms with Gasteiger partial charge in [-0.3, -0.25) is 4.90 Å².